The molecule has 2 atom stereocenters. The van der Waals surface area contributed by atoms with Gasteiger partial charge in [-0.05, 0) is 31.4 Å². The highest BCUT2D eigenvalue weighted by molar-refractivity contribution is 6.00. The third-order valence-corrected chi connectivity index (χ3v) is 4.50. The van der Waals surface area contributed by atoms with E-state index in [0.29, 0.717) is 17.9 Å². The smallest absolute Gasteiger partial charge is 0.368 e. The van der Waals surface area contributed by atoms with Crippen molar-refractivity contribution in [3.05, 3.63) is 35.9 Å². The Hall–Kier alpha value is -1.89. The highest BCUT2D eigenvalue weighted by Gasteiger charge is 2.59. The molecule has 23 heavy (non-hydrogen) atoms. The van der Waals surface area contributed by atoms with Gasteiger partial charge < -0.3 is 5.11 Å². The SMILES string of the molecule is O=C(c1ccccc1)N1N=C(C(F)(F)F)[C@@H]2CCCCC[C@]21O. The van der Waals surface area contributed by atoms with Crippen molar-refractivity contribution >= 4 is 11.6 Å². The van der Waals surface area contributed by atoms with E-state index in [1.807, 2.05) is 0 Å². The normalized spacial score (nSPS) is 28.1. The van der Waals surface area contributed by atoms with Gasteiger partial charge in [0.2, 0.25) is 0 Å². The summed E-state index contributed by atoms with van der Waals surface area (Å²) in [6, 6.07) is 7.93. The second-order valence-electron chi connectivity index (χ2n) is 6.00. The number of hydrogen-bond acceptors (Lipinski definition) is 3. The minimum Gasteiger partial charge on any atom is -0.368 e. The summed E-state index contributed by atoms with van der Waals surface area (Å²) in [7, 11) is 0. The van der Waals surface area contributed by atoms with Gasteiger partial charge in [-0.3, -0.25) is 4.79 Å². The molecule has 0 aromatic heterocycles. The van der Waals surface area contributed by atoms with Gasteiger partial charge in [0, 0.05) is 5.56 Å². The van der Waals surface area contributed by atoms with Crippen molar-refractivity contribution in [3.8, 4) is 0 Å². The highest BCUT2D eigenvalue weighted by Crippen LogP contribution is 2.45. The third-order valence-electron chi connectivity index (χ3n) is 4.50. The first kappa shape index (κ1) is 16.0. The van der Waals surface area contributed by atoms with Crippen molar-refractivity contribution in [2.45, 2.75) is 44.0 Å². The Morgan fingerprint density at radius 3 is 2.57 bits per heavy atom. The molecule has 124 valence electrons. The molecule has 0 spiro atoms. The van der Waals surface area contributed by atoms with Gasteiger partial charge in [0.15, 0.2) is 5.72 Å². The second kappa shape index (κ2) is 5.63. The maximum Gasteiger partial charge on any atom is 0.431 e. The van der Waals surface area contributed by atoms with E-state index in [1.54, 1.807) is 18.2 Å². The van der Waals surface area contributed by atoms with E-state index >= 15 is 0 Å². The summed E-state index contributed by atoms with van der Waals surface area (Å²) in [6.07, 6.45) is -2.51. The lowest BCUT2D eigenvalue weighted by atomic mass is 9.87. The molecule has 1 saturated carbocycles. The van der Waals surface area contributed by atoms with Crippen molar-refractivity contribution in [1.29, 1.82) is 0 Å². The molecule has 0 saturated heterocycles. The Bertz CT molecular complexity index is 630. The van der Waals surface area contributed by atoms with Gasteiger partial charge in [-0.1, -0.05) is 31.0 Å². The Balaban J connectivity index is 2.03. The summed E-state index contributed by atoms with van der Waals surface area (Å²) in [4.78, 5) is 12.6. The van der Waals surface area contributed by atoms with Crippen molar-refractivity contribution < 1.29 is 23.1 Å². The molecule has 0 radical (unpaired) electrons. The Morgan fingerprint density at radius 1 is 1.22 bits per heavy atom. The van der Waals surface area contributed by atoms with Crippen LogP contribution in [0, 0.1) is 5.92 Å². The van der Waals surface area contributed by atoms with Crippen LogP contribution in [0.5, 0.6) is 0 Å². The molecule has 1 heterocycles. The fraction of sp³-hybridized carbons (Fsp3) is 0.500. The average Bonchev–Trinajstić information content (AvgIpc) is 2.67. The average molecular weight is 326 g/mol. The topological polar surface area (TPSA) is 52.9 Å². The number of carbonyl (C=O) groups excluding carboxylic acids is 1. The molecule has 3 rings (SSSR count). The molecule has 1 amide bonds. The van der Waals surface area contributed by atoms with E-state index in [1.165, 1.54) is 12.1 Å². The van der Waals surface area contributed by atoms with Crippen LogP contribution < -0.4 is 0 Å². The third kappa shape index (κ3) is 2.73. The Morgan fingerprint density at radius 2 is 1.91 bits per heavy atom. The van der Waals surface area contributed by atoms with Gasteiger partial charge in [0.1, 0.15) is 5.71 Å². The molecule has 1 aromatic carbocycles. The van der Waals surface area contributed by atoms with E-state index in [9.17, 15) is 23.1 Å². The fourth-order valence-electron chi connectivity index (χ4n) is 3.37. The summed E-state index contributed by atoms with van der Waals surface area (Å²) in [5.74, 6) is -1.89. The number of fused-ring (bicyclic) bond motifs is 1. The maximum atomic E-state index is 13.3. The molecule has 0 unspecified atom stereocenters. The molecule has 1 aliphatic carbocycles. The standard InChI is InChI=1S/C16H17F3N2O2/c17-16(18,19)13-12-9-5-2-6-10-15(12,23)21(20-13)14(22)11-7-3-1-4-8-11/h1,3-4,7-8,12,23H,2,5-6,9-10H2/t12-,15-/m0/s1. The lowest BCUT2D eigenvalue weighted by molar-refractivity contribution is -0.108. The summed E-state index contributed by atoms with van der Waals surface area (Å²) < 4.78 is 39.9. The minimum atomic E-state index is -4.66. The zero-order valence-corrected chi connectivity index (χ0v) is 12.4. The van der Waals surface area contributed by atoms with E-state index in [4.69, 9.17) is 0 Å². The zero-order valence-electron chi connectivity index (χ0n) is 12.4. The number of carbonyl (C=O) groups is 1. The molecule has 7 heteroatoms. The Labute approximate surface area is 131 Å². The zero-order chi connectivity index (χ0) is 16.7. The predicted molar refractivity (Wildman–Crippen MR) is 77.6 cm³/mol. The number of aliphatic hydroxyl groups is 1. The van der Waals surface area contributed by atoms with E-state index in [-0.39, 0.29) is 18.4 Å². The van der Waals surface area contributed by atoms with Crippen molar-refractivity contribution in [1.82, 2.24) is 5.01 Å². The fourth-order valence-corrected chi connectivity index (χ4v) is 3.37. The van der Waals surface area contributed by atoms with E-state index < -0.39 is 29.4 Å². The quantitative estimate of drug-likeness (QED) is 0.860. The van der Waals surface area contributed by atoms with Crippen LogP contribution >= 0.6 is 0 Å². The molecule has 1 aliphatic heterocycles. The molecule has 4 nitrogen and oxygen atoms in total. The van der Waals surface area contributed by atoms with Gasteiger partial charge >= 0.3 is 6.18 Å². The summed E-state index contributed by atoms with van der Waals surface area (Å²) in [5.41, 5.74) is -2.74. The van der Waals surface area contributed by atoms with E-state index in [2.05, 4.69) is 5.10 Å². The van der Waals surface area contributed by atoms with E-state index in [0.717, 1.165) is 6.42 Å². The van der Waals surface area contributed by atoms with Crippen LogP contribution in [0.25, 0.3) is 0 Å². The lowest BCUT2D eigenvalue weighted by Crippen LogP contribution is -2.51. The molecular weight excluding hydrogens is 309 g/mol. The molecule has 1 fully saturated rings. The van der Waals surface area contributed by atoms with Crippen molar-refractivity contribution in [3.63, 3.8) is 0 Å². The van der Waals surface area contributed by atoms with Gasteiger partial charge in [-0.2, -0.15) is 23.3 Å². The lowest BCUT2D eigenvalue weighted by Gasteiger charge is -2.35. The van der Waals surface area contributed by atoms with Crippen molar-refractivity contribution in [2.75, 3.05) is 0 Å². The first-order chi connectivity index (χ1) is 10.8. The Kier molecular flexibility index (Phi) is 3.91. The number of amides is 1. The second-order valence-corrected chi connectivity index (χ2v) is 6.00. The van der Waals surface area contributed by atoms with Gasteiger partial charge in [0.05, 0.1) is 5.92 Å². The molecule has 1 aromatic rings. The molecule has 0 bridgehead atoms. The highest BCUT2D eigenvalue weighted by atomic mass is 19.4. The molecule has 2 aliphatic rings. The minimum absolute atomic E-state index is 0.0965. The van der Waals surface area contributed by atoms with Crippen molar-refractivity contribution in [2.24, 2.45) is 11.0 Å². The molecular formula is C16H17F3N2O2. The van der Waals surface area contributed by atoms with Crippen LogP contribution in [0.4, 0.5) is 13.2 Å². The first-order valence-corrected chi connectivity index (χ1v) is 7.62. The molecule has 1 N–H and O–H groups in total. The van der Waals surface area contributed by atoms with Gasteiger partial charge in [0.25, 0.3) is 5.91 Å². The van der Waals surface area contributed by atoms with Crippen LogP contribution in [-0.4, -0.2) is 33.6 Å². The predicted octanol–water partition coefficient (Wildman–Crippen LogP) is 3.33. The monoisotopic (exact) mass is 326 g/mol. The van der Waals surface area contributed by atoms with Crippen LogP contribution in [-0.2, 0) is 0 Å². The van der Waals surface area contributed by atoms with Crippen LogP contribution in [0.1, 0.15) is 42.5 Å². The van der Waals surface area contributed by atoms with Crippen LogP contribution in [0.2, 0.25) is 0 Å². The van der Waals surface area contributed by atoms with Crippen LogP contribution in [0.15, 0.2) is 35.4 Å². The van der Waals surface area contributed by atoms with Crippen LogP contribution in [0.3, 0.4) is 0 Å². The summed E-state index contributed by atoms with van der Waals surface area (Å²) >= 11 is 0. The number of nitrogens with zero attached hydrogens (tertiary/aromatic N) is 2. The number of hydrogen-bond donors (Lipinski definition) is 1. The number of halogens is 3. The van der Waals surface area contributed by atoms with Gasteiger partial charge in [-0.15, -0.1) is 0 Å². The van der Waals surface area contributed by atoms with Gasteiger partial charge in [-0.25, -0.2) is 0 Å². The summed E-state index contributed by atoms with van der Waals surface area (Å²) in [5, 5.41) is 15.1. The largest absolute Gasteiger partial charge is 0.431 e. The first-order valence-electron chi connectivity index (χ1n) is 7.62. The number of rotatable bonds is 1. The summed E-state index contributed by atoms with van der Waals surface area (Å²) in [6.45, 7) is 0. The number of alkyl halides is 3. The number of benzene rings is 1. The number of hydrazone groups is 1. The maximum absolute atomic E-state index is 13.3.